The van der Waals surface area contributed by atoms with Crippen molar-refractivity contribution in [3.05, 3.63) is 29.8 Å². The van der Waals surface area contributed by atoms with Gasteiger partial charge in [0.2, 0.25) is 0 Å². The van der Waals surface area contributed by atoms with Gasteiger partial charge in [-0.15, -0.1) is 0 Å². The van der Waals surface area contributed by atoms with Gasteiger partial charge >= 0.3 is 11.9 Å². The van der Waals surface area contributed by atoms with Crippen LogP contribution >= 0.6 is 0 Å². The molecule has 2 aliphatic heterocycles. The van der Waals surface area contributed by atoms with Gasteiger partial charge in [0.25, 0.3) is 10.1 Å². The summed E-state index contributed by atoms with van der Waals surface area (Å²) in [7, 11) is -4.08. The smallest absolute Gasteiger partial charge is 0.302 e. The summed E-state index contributed by atoms with van der Waals surface area (Å²) in [5, 5.41) is 0. The molecule has 6 fully saturated rings. The fraction of sp³-hybridized carbons (Fsp3) is 0.789. The zero-order valence-corrected chi connectivity index (χ0v) is 30.4. The molecular weight excluding hydrogens is 632 g/mol. The Bertz CT molecular complexity index is 1530. The number of hydrogen-bond donors (Lipinski definition) is 0. The molecular formula is C38H54O9S. The van der Waals surface area contributed by atoms with Gasteiger partial charge in [0.15, 0.2) is 5.79 Å². The maximum absolute atomic E-state index is 13.6. The highest BCUT2D eigenvalue weighted by atomic mass is 32.2. The van der Waals surface area contributed by atoms with E-state index in [1.54, 1.807) is 24.3 Å². The largest absolute Gasteiger partial charge is 0.463 e. The van der Waals surface area contributed by atoms with Gasteiger partial charge in [-0.3, -0.25) is 13.8 Å². The number of aryl methyl sites for hydroxylation is 1. The maximum atomic E-state index is 13.6. The molecule has 0 radical (unpaired) electrons. The fourth-order valence-corrected chi connectivity index (χ4v) is 13.1. The molecule has 0 unspecified atom stereocenters. The molecule has 2 heterocycles. The van der Waals surface area contributed by atoms with E-state index in [0.717, 1.165) is 50.5 Å². The highest BCUT2D eigenvalue weighted by molar-refractivity contribution is 7.86. The molecule has 0 bridgehead atoms. The van der Waals surface area contributed by atoms with E-state index in [-0.39, 0.29) is 69.6 Å². The first-order chi connectivity index (χ1) is 22.6. The van der Waals surface area contributed by atoms with Crippen LogP contribution in [-0.4, -0.2) is 57.2 Å². The van der Waals surface area contributed by atoms with Crippen molar-refractivity contribution >= 4 is 22.1 Å². The van der Waals surface area contributed by atoms with Crippen LogP contribution in [0.15, 0.2) is 29.2 Å². The molecule has 0 aromatic heterocycles. The third kappa shape index (κ3) is 5.37. The molecule has 0 amide bonds. The molecule has 6 aliphatic rings. The topological polar surface area (TPSA) is 114 Å². The van der Waals surface area contributed by atoms with E-state index in [9.17, 15) is 18.0 Å². The molecule has 48 heavy (non-hydrogen) atoms. The lowest BCUT2D eigenvalue weighted by Crippen LogP contribution is -2.61. The van der Waals surface area contributed by atoms with Crippen molar-refractivity contribution in [2.24, 2.45) is 52.3 Å². The Labute approximate surface area is 286 Å². The molecule has 1 aromatic rings. The predicted octanol–water partition coefficient (Wildman–Crippen LogP) is 6.60. The van der Waals surface area contributed by atoms with Crippen molar-refractivity contribution in [1.29, 1.82) is 0 Å². The van der Waals surface area contributed by atoms with Gasteiger partial charge < -0.3 is 18.9 Å². The minimum absolute atomic E-state index is 0.000354. The quantitative estimate of drug-likeness (QED) is 0.250. The van der Waals surface area contributed by atoms with Crippen LogP contribution in [0.25, 0.3) is 0 Å². The summed E-state index contributed by atoms with van der Waals surface area (Å²) in [6.07, 6.45) is 5.79. The number of rotatable bonds is 5. The summed E-state index contributed by atoms with van der Waals surface area (Å²) < 4.78 is 59.1. The fourth-order valence-electron chi connectivity index (χ4n) is 12.0. The van der Waals surface area contributed by atoms with Crippen LogP contribution in [0, 0.1) is 59.2 Å². The molecule has 1 spiro atoms. The lowest BCUT2D eigenvalue weighted by atomic mass is 9.43. The number of ether oxygens (including phenoxy) is 4. The van der Waals surface area contributed by atoms with Crippen molar-refractivity contribution in [2.75, 3.05) is 6.61 Å². The normalized spacial score (nSPS) is 46.6. The number of esters is 2. The van der Waals surface area contributed by atoms with E-state index in [1.807, 2.05) is 13.8 Å². The third-order valence-electron chi connectivity index (χ3n) is 14.1. The number of fused-ring (bicyclic) bond motifs is 7. The van der Waals surface area contributed by atoms with Crippen molar-refractivity contribution < 1.29 is 41.1 Å². The Hall–Kier alpha value is -2.01. The molecule has 1 aromatic carbocycles. The Morgan fingerprint density at radius 3 is 2.27 bits per heavy atom. The van der Waals surface area contributed by atoms with E-state index in [2.05, 4.69) is 20.8 Å². The number of carbonyl (C=O) groups is 2. The van der Waals surface area contributed by atoms with Crippen LogP contribution in [0.5, 0.6) is 0 Å². The zero-order chi connectivity index (χ0) is 34.4. The maximum Gasteiger partial charge on any atom is 0.302 e. The SMILES string of the molecule is CC(=O)O[C@H]1CC[C@@]2(C)[C@@H](CC[C@@H]3[C@@H]2C[C@@H](OC(C)=O)[C@]2(C)[C@@H]4[C@H](C[C@@H]32)O[C@@]2(OC[C@H](C)C[C@H]2OS(=O)(=O)c2ccc(C)cc2)[C@H]4C)C1. The van der Waals surface area contributed by atoms with Gasteiger partial charge in [0.1, 0.15) is 18.3 Å². The average Bonchev–Trinajstić information content (AvgIpc) is 3.46. The zero-order valence-electron chi connectivity index (χ0n) is 29.6. The second-order valence-electron chi connectivity index (χ2n) is 16.8. The van der Waals surface area contributed by atoms with E-state index in [1.165, 1.54) is 13.8 Å². The van der Waals surface area contributed by atoms with Gasteiger partial charge in [-0.25, -0.2) is 0 Å². The predicted molar refractivity (Wildman–Crippen MR) is 177 cm³/mol. The van der Waals surface area contributed by atoms with Crippen molar-refractivity contribution in [1.82, 2.24) is 0 Å². The highest BCUT2D eigenvalue weighted by Gasteiger charge is 2.74. The number of benzene rings is 1. The van der Waals surface area contributed by atoms with E-state index in [4.69, 9.17) is 23.1 Å². The van der Waals surface area contributed by atoms with Gasteiger partial charge in [-0.05, 0) is 105 Å². The van der Waals surface area contributed by atoms with Crippen LogP contribution in [0.1, 0.15) is 98.5 Å². The Kier molecular flexibility index (Phi) is 8.65. The van der Waals surface area contributed by atoms with Crippen molar-refractivity contribution in [2.45, 2.75) is 135 Å². The summed E-state index contributed by atoms with van der Waals surface area (Å²) in [6.45, 7) is 14.3. The standard InChI is InChI=1S/C38H54O9S/c1-21-8-11-28(12-9-21)48(41,42)47-34-16-22(2)20-43-38(34)23(3)35-32(46-38)18-31-29-13-10-26-17-27(44-24(4)39)14-15-36(26,6)30(29)19-33(37(31,35)7)45-25(5)40/h8-9,11-12,22-23,26-27,29-35H,10,13-20H2,1-7H3/t22-,23+,26+,27+,29-,30+,31+,32+,33-,34-,35+,36+,37-,38+/m1/s1. The van der Waals surface area contributed by atoms with Gasteiger partial charge in [0.05, 0.1) is 17.6 Å². The van der Waals surface area contributed by atoms with Crippen LogP contribution in [0.3, 0.4) is 0 Å². The number of hydrogen-bond acceptors (Lipinski definition) is 9. The molecule has 9 nitrogen and oxygen atoms in total. The first-order valence-corrected chi connectivity index (χ1v) is 19.7. The molecule has 2 saturated heterocycles. The van der Waals surface area contributed by atoms with Crippen LogP contribution < -0.4 is 0 Å². The second kappa shape index (κ2) is 12.1. The van der Waals surface area contributed by atoms with E-state index < -0.39 is 22.0 Å². The minimum atomic E-state index is -4.08. The molecule has 7 rings (SSSR count). The first kappa shape index (κ1) is 34.4. The minimum Gasteiger partial charge on any atom is -0.463 e. The molecule has 4 aliphatic carbocycles. The Balaban J connectivity index is 1.19. The van der Waals surface area contributed by atoms with Gasteiger partial charge in [-0.1, -0.05) is 45.4 Å². The summed E-state index contributed by atoms with van der Waals surface area (Å²) in [6, 6.07) is 6.72. The molecule has 4 saturated carbocycles. The average molecular weight is 687 g/mol. The molecule has 10 heteroatoms. The second-order valence-corrected chi connectivity index (χ2v) is 18.4. The van der Waals surface area contributed by atoms with E-state index >= 15 is 0 Å². The highest BCUT2D eigenvalue weighted by Crippen LogP contribution is 2.72. The van der Waals surface area contributed by atoms with Crippen LogP contribution in [0.4, 0.5) is 0 Å². The van der Waals surface area contributed by atoms with Crippen LogP contribution in [0.2, 0.25) is 0 Å². The summed E-state index contributed by atoms with van der Waals surface area (Å²) >= 11 is 0. The Morgan fingerprint density at radius 2 is 1.58 bits per heavy atom. The summed E-state index contributed by atoms with van der Waals surface area (Å²) in [4.78, 5) is 24.7. The molecule has 14 atom stereocenters. The third-order valence-corrected chi connectivity index (χ3v) is 15.5. The van der Waals surface area contributed by atoms with Crippen LogP contribution in [-0.2, 0) is 42.8 Å². The summed E-state index contributed by atoms with van der Waals surface area (Å²) in [5.41, 5.74) is 0.680. The van der Waals surface area contributed by atoms with Gasteiger partial charge in [-0.2, -0.15) is 8.42 Å². The lowest BCUT2D eigenvalue weighted by Gasteiger charge is -2.63. The first-order valence-electron chi connectivity index (χ1n) is 18.2. The summed E-state index contributed by atoms with van der Waals surface area (Å²) in [5.74, 6) is -0.178. The monoisotopic (exact) mass is 686 g/mol. The molecule has 266 valence electrons. The Morgan fingerprint density at radius 1 is 0.875 bits per heavy atom. The van der Waals surface area contributed by atoms with E-state index in [0.29, 0.717) is 30.8 Å². The van der Waals surface area contributed by atoms with Crippen molar-refractivity contribution in [3.8, 4) is 0 Å². The molecule has 0 N–H and O–H groups in total. The number of carbonyl (C=O) groups excluding carboxylic acids is 2. The lowest BCUT2D eigenvalue weighted by molar-refractivity contribution is -0.311. The van der Waals surface area contributed by atoms with Crippen molar-refractivity contribution in [3.63, 3.8) is 0 Å². The van der Waals surface area contributed by atoms with Gasteiger partial charge in [0, 0.05) is 31.1 Å².